The summed E-state index contributed by atoms with van der Waals surface area (Å²) in [6, 6.07) is 12.1. The molecule has 0 unspecified atom stereocenters. The van der Waals surface area contributed by atoms with E-state index in [2.05, 4.69) is 10.6 Å². The van der Waals surface area contributed by atoms with Crippen molar-refractivity contribution in [2.24, 2.45) is 5.92 Å². The fraction of sp³-hybridized carbons (Fsp3) is 0.381. The van der Waals surface area contributed by atoms with Crippen LogP contribution in [0.25, 0.3) is 0 Å². The number of hydrogen-bond acceptors (Lipinski definition) is 3. The molecule has 7 nitrogen and oxygen atoms in total. The summed E-state index contributed by atoms with van der Waals surface area (Å²) < 4.78 is 1.84. The van der Waals surface area contributed by atoms with Gasteiger partial charge < -0.3 is 20.1 Å². The van der Waals surface area contributed by atoms with E-state index in [9.17, 15) is 14.4 Å². The fourth-order valence-electron chi connectivity index (χ4n) is 4.25. The molecule has 2 N–H and O–H groups in total. The maximum absolute atomic E-state index is 12.6. The highest BCUT2D eigenvalue weighted by molar-refractivity contribution is 6.30. The summed E-state index contributed by atoms with van der Waals surface area (Å²) in [6.45, 7) is 2.11. The minimum absolute atomic E-state index is 0.0285. The predicted octanol–water partition coefficient (Wildman–Crippen LogP) is 2.66. The second-order valence-corrected chi connectivity index (χ2v) is 8.08. The van der Waals surface area contributed by atoms with E-state index >= 15 is 0 Å². The lowest BCUT2D eigenvalue weighted by molar-refractivity contribution is -0.116. The van der Waals surface area contributed by atoms with Crippen molar-refractivity contribution in [1.82, 2.24) is 14.8 Å². The minimum Gasteiger partial charge on any atom is -0.337 e. The van der Waals surface area contributed by atoms with E-state index in [4.69, 9.17) is 11.6 Å². The van der Waals surface area contributed by atoms with Crippen LogP contribution in [0.5, 0.6) is 0 Å². The number of anilines is 1. The van der Waals surface area contributed by atoms with Crippen LogP contribution in [0.2, 0.25) is 5.02 Å². The number of carbonyl (C=O) groups excluding carboxylic acids is 2. The minimum atomic E-state index is -0.184. The number of nitrogens with zero attached hydrogens (tertiary/aromatic N) is 2. The third-order valence-electron chi connectivity index (χ3n) is 5.50. The number of nitrogens with one attached hydrogen (secondary N) is 2. The second kappa shape index (κ2) is 8.29. The topological polar surface area (TPSA) is 83.4 Å². The molecule has 1 saturated heterocycles. The molecule has 2 aliphatic heterocycles. The molecule has 3 heterocycles. The summed E-state index contributed by atoms with van der Waals surface area (Å²) in [5.74, 6) is 0.267. The van der Waals surface area contributed by atoms with Gasteiger partial charge in [0, 0.05) is 61.0 Å². The Morgan fingerprint density at radius 3 is 2.76 bits per heavy atom. The highest BCUT2D eigenvalue weighted by Gasteiger charge is 2.36. The Bertz CT molecular complexity index is 990. The van der Waals surface area contributed by atoms with Crippen LogP contribution in [0.15, 0.2) is 47.3 Å². The van der Waals surface area contributed by atoms with E-state index in [0.29, 0.717) is 30.3 Å². The average molecular weight is 415 g/mol. The van der Waals surface area contributed by atoms with Gasteiger partial charge in [-0.3, -0.25) is 9.59 Å². The first kappa shape index (κ1) is 19.5. The molecule has 1 aromatic carbocycles. The summed E-state index contributed by atoms with van der Waals surface area (Å²) in [5, 5.41) is 6.15. The van der Waals surface area contributed by atoms with E-state index in [1.165, 1.54) is 0 Å². The van der Waals surface area contributed by atoms with Crippen LogP contribution in [-0.2, 0) is 11.3 Å². The summed E-state index contributed by atoms with van der Waals surface area (Å²) in [7, 11) is 0. The van der Waals surface area contributed by atoms with E-state index in [0.717, 1.165) is 12.1 Å². The molecule has 1 aromatic heterocycles. The largest absolute Gasteiger partial charge is 0.337 e. The molecular weight excluding hydrogens is 392 g/mol. The first-order valence-corrected chi connectivity index (χ1v) is 10.2. The number of urea groups is 1. The van der Waals surface area contributed by atoms with E-state index in [1.807, 2.05) is 10.6 Å². The Hall–Kier alpha value is -2.80. The van der Waals surface area contributed by atoms with E-state index in [-0.39, 0.29) is 42.3 Å². The smallest absolute Gasteiger partial charge is 0.317 e. The zero-order valence-electron chi connectivity index (χ0n) is 15.9. The standard InChI is InChI=1S/C21H23ClN4O3/c22-16-3-1-4-17(10-16)24-19(27)7-8-23-21(29)25-11-14-9-15(13-25)18-5-2-6-20(28)26(18)12-14/h1-6,10,14-15H,7-9,11-13H2,(H,23,29)(H,24,27)/t14-,15+/m0/s1. The van der Waals surface area contributed by atoms with Gasteiger partial charge in [-0.1, -0.05) is 23.7 Å². The zero-order chi connectivity index (χ0) is 20.4. The second-order valence-electron chi connectivity index (χ2n) is 7.64. The van der Waals surface area contributed by atoms with Crippen molar-refractivity contribution in [2.45, 2.75) is 25.3 Å². The number of aromatic nitrogens is 1. The molecule has 2 aliphatic rings. The zero-order valence-corrected chi connectivity index (χ0v) is 16.7. The van der Waals surface area contributed by atoms with Crippen LogP contribution in [0.1, 0.15) is 24.5 Å². The Morgan fingerprint density at radius 2 is 1.93 bits per heavy atom. The number of halogens is 1. The molecule has 29 heavy (non-hydrogen) atoms. The quantitative estimate of drug-likeness (QED) is 0.806. The third kappa shape index (κ3) is 4.45. The molecule has 4 rings (SSSR count). The van der Waals surface area contributed by atoms with Gasteiger partial charge in [-0.15, -0.1) is 0 Å². The van der Waals surface area contributed by atoms with Gasteiger partial charge in [-0.25, -0.2) is 4.79 Å². The molecule has 2 aromatic rings. The van der Waals surface area contributed by atoms with Crippen LogP contribution in [0, 0.1) is 5.92 Å². The van der Waals surface area contributed by atoms with Gasteiger partial charge in [0.25, 0.3) is 5.56 Å². The lowest BCUT2D eigenvalue weighted by Crippen LogP contribution is -2.52. The van der Waals surface area contributed by atoms with Crippen molar-refractivity contribution >= 4 is 29.2 Å². The molecule has 0 saturated carbocycles. The molecule has 0 radical (unpaired) electrons. The van der Waals surface area contributed by atoms with Crippen LogP contribution in [0.3, 0.4) is 0 Å². The number of piperidine rings is 1. The van der Waals surface area contributed by atoms with Gasteiger partial charge in [-0.05, 0) is 36.6 Å². The van der Waals surface area contributed by atoms with Crippen LogP contribution < -0.4 is 16.2 Å². The molecule has 3 amide bonds. The highest BCUT2D eigenvalue weighted by Crippen LogP contribution is 2.34. The molecule has 0 aliphatic carbocycles. The fourth-order valence-corrected chi connectivity index (χ4v) is 4.44. The molecular formula is C21H23ClN4O3. The van der Waals surface area contributed by atoms with Gasteiger partial charge in [0.2, 0.25) is 5.91 Å². The Morgan fingerprint density at radius 1 is 1.10 bits per heavy atom. The van der Waals surface area contributed by atoms with Crippen molar-refractivity contribution in [1.29, 1.82) is 0 Å². The van der Waals surface area contributed by atoms with Crippen LogP contribution in [0.4, 0.5) is 10.5 Å². The van der Waals surface area contributed by atoms with Crippen molar-refractivity contribution in [3.8, 4) is 0 Å². The third-order valence-corrected chi connectivity index (χ3v) is 5.74. The molecule has 1 fully saturated rings. The first-order valence-electron chi connectivity index (χ1n) is 9.77. The lowest BCUT2D eigenvalue weighted by atomic mass is 9.83. The van der Waals surface area contributed by atoms with Crippen LogP contribution >= 0.6 is 11.6 Å². The Kier molecular flexibility index (Phi) is 5.58. The van der Waals surface area contributed by atoms with Crippen molar-refractivity contribution in [3.05, 3.63) is 63.5 Å². The summed E-state index contributed by atoms with van der Waals surface area (Å²) in [4.78, 5) is 38.5. The summed E-state index contributed by atoms with van der Waals surface area (Å²) in [6.07, 6.45) is 1.17. The number of hydrogen-bond donors (Lipinski definition) is 2. The van der Waals surface area contributed by atoms with E-state index in [1.54, 1.807) is 41.3 Å². The number of likely N-dealkylation sites (tertiary alicyclic amines) is 1. The van der Waals surface area contributed by atoms with Crippen molar-refractivity contribution in [2.75, 3.05) is 25.0 Å². The number of pyridine rings is 1. The molecule has 2 atom stereocenters. The maximum Gasteiger partial charge on any atom is 0.317 e. The van der Waals surface area contributed by atoms with E-state index < -0.39 is 0 Å². The van der Waals surface area contributed by atoms with Crippen molar-refractivity contribution in [3.63, 3.8) is 0 Å². The predicted molar refractivity (Wildman–Crippen MR) is 111 cm³/mol. The molecule has 2 bridgehead atoms. The molecule has 8 heteroatoms. The van der Waals surface area contributed by atoms with Gasteiger partial charge in [0.05, 0.1) is 0 Å². The number of fused-ring (bicyclic) bond motifs is 4. The van der Waals surface area contributed by atoms with Gasteiger partial charge in [0.15, 0.2) is 0 Å². The lowest BCUT2D eigenvalue weighted by Gasteiger charge is -2.42. The molecule has 0 spiro atoms. The highest BCUT2D eigenvalue weighted by atomic mass is 35.5. The van der Waals surface area contributed by atoms with Gasteiger partial charge >= 0.3 is 6.03 Å². The SMILES string of the molecule is O=C(CCNC(=O)N1C[C@@H]2C[C@H](C1)c1cccc(=O)n1C2)Nc1cccc(Cl)c1. The Balaban J connectivity index is 1.29. The van der Waals surface area contributed by atoms with Gasteiger partial charge in [0.1, 0.15) is 0 Å². The number of amides is 3. The monoisotopic (exact) mass is 414 g/mol. The average Bonchev–Trinajstić information content (AvgIpc) is 2.68. The molecule has 152 valence electrons. The van der Waals surface area contributed by atoms with Crippen molar-refractivity contribution < 1.29 is 9.59 Å². The number of benzene rings is 1. The van der Waals surface area contributed by atoms with Crippen LogP contribution in [-0.4, -0.2) is 41.0 Å². The summed E-state index contributed by atoms with van der Waals surface area (Å²) >= 11 is 5.91. The van der Waals surface area contributed by atoms with Gasteiger partial charge in [-0.2, -0.15) is 0 Å². The maximum atomic E-state index is 12.6. The summed E-state index contributed by atoms with van der Waals surface area (Å²) in [5.41, 5.74) is 1.67. The Labute approximate surface area is 173 Å². The first-order chi connectivity index (χ1) is 14.0. The normalized spacial score (nSPS) is 20.0. The number of carbonyl (C=O) groups is 2. The number of rotatable bonds is 4.